The molecule has 42 heavy (non-hydrogen) atoms. The molecule has 4 fully saturated rings. The van der Waals surface area contributed by atoms with Crippen LogP contribution in [0.3, 0.4) is 0 Å². The van der Waals surface area contributed by atoms with Crippen molar-refractivity contribution in [1.29, 1.82) is 0 Å². The van der Waals surface area contributed by atoms with Crippen molar-refractivity contribution in [2.24, 2.45) is 0 Å². The molecule has 0 amide bonds. The summed E-state index contributed by atoms with van der Waals surface area (Å²) in [5, 5.41) is 122. The van der Waals surface area contributed by atoms with Gasteiger partial charge in [-0.05, 0) is 6.92 Å². The van der Waals surface area contributed by atoms with E-state index in [2.05, 4.69) is 0 Å². The summed E-state index contributed by atoms with van der Waals surface area (Å²) in [6.45, 7) is -0.588. The summed E-state index contributed by atoms with van der Waals surface area (Å²) >= 11 is 0. The van der Waals surface area contributed by atoms with Gasteiger partial charge in [0.05, 0.1) is 25.9 Å². The standard InChI is InChI=1S/C23H40O19/c1-5-17(13(31)15(33)21(37-5)42-19-9(27)6(26)4-36-20(19)35)40-23-16(34)18(11(29)8(3-25)39-23)41-22-14(32)12(30)10(28)7(2-24)38-22/h5-35H,2-4H2,1H3/t5-,6-,7+,8+,9-,10+,11-,12-,13-,14+,15+,16+,17-,18-,19+,20+,21-,22-,23-/m0/s1. The van der Waals surface area contributed by atoms with Gasteiger partial charge in [0, 0.05) is 0 Å². The van der Waals surface area contributed by atoms with Crippen LogP contribution in [-0.2, 0) is 33.2 Å². The molecule has 0 spiro atoms. The Morgan fingerprint density at radius 3 is 1.64 bits per heavy atom. The van der Waals surface area contributed by atoms with E-state index in [1.54, 1.807) is 0 Å². The molecule has 19 atom stereocenters. The van der Waals surface area contributed by atoms with Crippen molar-refractivity contribution >= 4 is 0 Å². The molecule has 0 unspecified atom stereocenters. The van der Waals surface area contributed by atoms with Crippen LogP contribution < -0.4 is 0 Å². The number of aliphatic hydroxyl groups excluding tert-OH is 12. The van der Waals surface area contributed by atoms with Gasteiger partial charge in [-0.15, -0.1) is 0 Å². The Morgan fingerprint density at radius 2 is 1.02 bits per heavy atom. The minimum atomic E-state index is -1.91. The molecular formula is C23H40O19. The number of ether oxygens (including phenoxy) is 7. The van der Waals surface area contributed by atoms with Gasteiger partial charge in [-0.3, -0.25) is 0 Å². The lowest BCUT2D eigenvalue weighted by Gasteiger charge is -2.48. The molecule has 12 N–H and O–H groups in total. The third-order valence-electron chi connectivity index (χ3n) is 7.77. The first-order chi connectivity index (χ1) is 19.8. The van der Waals surface area contributed by atoms with Crippen LogP contribution in [0.25, 0.3) is 0 Å². The van der Waals surface area contributed by atoms with Gasteiger partial charge in [-0.2, -0.15) is 0 Å². The highest BCUT2D eigenvalue weighted by Crippen LogP contribution is 2.33. The van der Waals surface area contributed by atoms with Crippen LogP contribution in [0.1, 0.15) is 6.92 Å². The van der Waals surface area contributed by atoms with E-state index in [9.17, 15) is 61.3 Å². The zero-order valence-corrected chi connectivity index (χ0v) is 22.3. The topological polar surface area (TPSA) is 307 Å². The number of aliphatic hydroxyl groups is 12. The molecule has 0 saturated carbocycles. The van der Waals surface area contributed by atoms with Gasteiger partial charge in [0.25, 0.3) is 0 Å². The van der Waals surface area contributed by atoms with Crippen molar-refractivity contribution in [3.8, 4) is 0 Å². The first-order valence-corrected chi connectivity index (χ1v) is 13.4. The Hall–Kier alpha value is -0.760. The average molecular weight is 621 g/mol. The van der Waals surface area contributed by atoms with E-state index in [0.29, 0.717) is 0 Å². The third-order valence-corrected chi connectivity index (χ3v) is 7.77. The Bertz CT molecular complexity index is 853. The molecule has 246 valence electrons. The van der Waals surface area contributed by atoms with Crippen LogP contribution in [0.15, 0.2) is 0 Å². The van der Waals surface area contributed by atoms with Crippen molar-refractivity contribution in [1.82, 2.24) is 0 Å². The molecule has 0 bridgehead atoms. The average Bonchev–Trinajstić information content (AvgIpc) is 2.96. The zero-order chi connectivity index (χ0) is 31.0. The Kier molecular flexibility index (Phi) is 11.5. The Labute approximate surface area is 238 Å². The van der Waals surface area contributed by atoms with Crippen LogP contribution >= 0.6 is 0 Å². The van der Waals surface area contributed by atoms with Gasteiger partial charge in [0.2, 0.25) is 0 Å². The zero-order valence-electron chi connectivity index (χ0n) is 22.3. The SMILES string of the molecule is C[C@@H]1O[C@@H](O[C@@H]2[C@@H](O)[C@@H](O)CO[C@H]2O)[C@H](O)[C@H](O)[C@H]1O[C@@H]1O[C@H](CO)[C@H](O)[C@H](O[C@@H]2O[C@H](CO)[C@@H](O)[C@H](O)[C@H]2O)[C@H]1O. The molecule has 0 aromatic rings. The molecule has 19 nitrogen and oxygen atoms in total. The minimum absolute atomic E-state index is 0.375. The lowest BCUT2D eigenvalue weighted by atomic mass is 9.96. The second-order valence-corrected chi connectivity index (χ2v) is 10.7. The predicted octanol–water partition coefficient (Wildman–Crippen LogP) is -8.08. The van der Waals surface area contributed by atoms with Crippen molar-refractivity contribution in [2.75, 3.05) is 19.8 Å². The summed E-state index contributed by atoms with van der Waals surface area (Å²) in [4.78, 5) is 0. The summed E-state index contributed by atoms with van der Waals surface area (Å²) in [7, 11) is 0. The van der Waals surface area contributed by atoms with Gasteiger partial charge >= 0.3 is 0 Å². The first-order valence-electron chi connectivity index (χ1n) is 13.4. The van der Waals surface area contributed by atoms with E-state index in [4.69, 9.17) is 33.2 Å². The van der Waals surface area contributed by atoms with Crippen molar-refractivity contribution in [3.63, 3.8) is 0 Å². The maximum Gasteiger partial charge on any atom is 0.187 e. The maximum absolute atomic E-state index is 11.0. The summed E-state index contributed by atoms with van der Waals surface area (Å²) in [5.41, 5.74) is 0. The maximum atomic E-state index is 11.0. The molecule has 4 aliphatic rings. The van der Waals surface area contributed by atoms with E-state index in [1.165, 1.54) is 6.92 Å². The van der Waals surface area contributed by atoms with Gasteiger partial charge in [-0.25, -0.2) is 0 Å². The van der Waals surface area contributed by atoms with Crippen LogP contribution in [0, 0.1) is 0 Å². The highest BCUT2D eigenvalue weighted by atomic mass is 16.8. The normalized spacial score (nSPS) is 54.1. The molecule has 0 aromatic heterocycles. The predicted molar refractivity (Wildman–Crippen MR) is 126 cm³/mol. The second-order valence-electron chi connectivity index (χ2n) is 10.7. The Balaban J connectivity index is 1.44. The third kappa shape index (κ3) is 6.74. The highest BCUT2D eigenvalue weighted by Gasteiger charge is 2.54. The van der Waals surface area contributed by atoms with E-state index >= 15 is 0 Å². The first kappa shape index (κ1) is 34.1. The summed E-state index contributed by atoms with van der Waals surface area (Å²) in [6.07, 6.45) is -31.3. The lowest BCUT2D eigenvalue weighted by Crippen LogP contribution is -2.66. The van der Waals surface area contributed by atoms with E-state index in [0.717, 1.165) is 0 Å². The molecule has 4 saturated heterocycles. The summed E-state index contributed by atoms with van der Waals surface area (Å²) in [6, 6.07) is 0. The Morgan fingerprint density at radius 1 is 0.524 bits per heavy atom. The largest absolute Gasteiger partial charge is 0.394 e. The van der Waals surface area contributed by atoms with Gasteiger partial charge in [0.1, 0.15) is 85.5 Å². The molecular weight excluding hydrogens is 580 g/mol. The van der Waals surface area contributed by atoms with E-state index in [1.807, 2.05) is 0 Å². The molecule has 0 aromatic carbocycles. The highest BCUT2D eigenvalue weighted by molar-refractivity contribution is 4.96. The van der Waals surface area contributed by atoms with Crippen molar-refractivity contribution < 1.29 is 94.4 Å². The van der Waals surface area contributed by atoms with Gasteiger partial charge < -0.3 is 94.4 Å². The summed E-state index contributed by atoms with van der Waals surface area (Å²) in [5.74, 6) is 0. The fourth-order valence-corrected chi connectivity index (χ4v) is 5.20. The van der Waals surface area contributed by atoms with Crippen LogP contribution in [-0.4, -0.2) is 198 Å². The number of hydrogen-bond donors (Lipinski definition) is 12. The molecule has 4 rings (SSSR count). The summed E-state index contributed by atoms with van der Waals surface area (Å²) < 4.78 is 37.7. The van der Waals surface area contributed by atoms with Gasteiger partial charge in [-0.1, -0.05) is 0 Å². The smallest absolute Gasteiger partial charge is 0.187 e. The monoisotopic (exact) mass is 620 g/mol. The number of rotatable bonds is 8. The van der Waals surface area contributed by atoms with Gasteiger partial charge in [0.15, 0.2) is 25.2 Å². The fraction of sp³-hybridized carbons (Fsp3) is 1.00. The fourth-order valence-electron chi connectivity index (χ4n) is 5.20. The lowest BCUT2D eigenvalue weighted by molar-refractivity contribution is -0.386. The molecule has 0 radical (unpaired) electrons. The molecule has 19 heteroatoms. The number of hydrogen-bond acceptors (Lipinski definition) is 19. The van der Waals surface area contributed by atoms with Crippen molar-refractivity contribution in [3.05, 3.63) is 0 Å². The van der Waals surface area contributed by atoms with Crippen LogP contribution in [0.4, 0.5) is 0 Å². The van der Waals surface area contributed by atoms with Crippen LogP contribution in [0.5, 0.6) is 0 Å². The quantitative estimate of drug-likeness (QED) is 0.120. The van der Waals surface area contributed by atoms with Crippen molar-refractivity contribution in [2.45, 2.75) is 124 Å². The minimum Gasteiger partial charge on any atom is -0.394 e. The van der Waals surface area contributed by atoms with E-state index in [-0.39, 0.29) is 6.61 Å². The molecule has 4 heterocycles. The van der Waals surface area contributed by atoms with E-state index < -0.39 is 130 Å². The molecule has 4 aliphatic heterocycles. The second kappa shape index (κ2) is 14.1. The molecule has 0 aliphatic carbocycles. The van der Waals surface area contributed by atoms with Crippen LogP contribution in [0.2, 0.25) is 0 Å².